The minimum atomic E-state index is -0.236. The maximum atomic E-state index is 6.22. The number of hydrogen-bond acceptors (Lipinski definition) is 2. The molecule has 2 N–H and O–H groups in total. The molecule has 1 heterocycles. The number of anilines is 1. The number of nitrogens with two attached hydrogens (primary N) is 1. The Morgan fingerprint density at radius 1 is 1.33 bits per heavy atom. The molecule has 0 unspecified atom stereocenters. The third kappa shape index (κ3) is 2.14. The van der Waals surface area contributed by atoms with Gasteiger partial charge in [-0.15, -0.1) is 0 Å². The molecule has 1 aromatic carbocycles. The largest absolute Gasteiger partial charge is 0.371 e. The summed E-state index contributed by atoms with van der Waals surface area (Å²) >= 11 is 0. The second kappa shape index (κ2) is 4.27. The molecule has 0 spiro atoms. The fourth-order valence-electron chi connectivity index (χ4n) is 3.02. The summed E-state index contributed by atoms with van der Waals surface area (Å²) in [5, 5.41) is 0. The van der Waals surface area contributed by atoms with Gasteiger partial charge in [-0.3, -0.25) is 0 Å². The lowest BCUT2D eigenvalue weighted by Crippen LogP contribution is -2.32. The van der Waals surface area contributed by atoms with Crippen molar-refractivity contribution < 1.29 is 0 Å². The van der Waals surface area contributed by atoms with E-state index in [2.05, 4.69) is 36.9 Å². The molecule has 3 rings (SSSR count). The van der Waals surface area contributed by atoms with E-state index >= 15 is 0 Å². The molecule has 0 radical (unpaired) electrons. The maximum Gasteiger partial charge on any atom is 0.0403 e. The molecule has 0 aromatic heterocycles. The molecular formula is C16H24N2. The van der Waals surface area contributed by atoms with Gasteiger partial charge < -0.3 is 10.6 Å². The Kier molecular flexibility index (Phi) is 2.86. The van der Waals surface area contributed by atoms with E-state index in [4.69, 9.17) is 5.73 Å². The van der Waals surface area contributed by atoms with Gasteiger partial charge in [0, 0.05) is 24.3 Å². The van der Waals surface area contributed by atoms with Crippen LogP contribution in [-0.2, 0) is 12.0 Å². The van der Waals surface area contributed by atoms with Gasteiger partial charge in [0.05, 0.1) is 0 Å². The lowest BCUT2D eigenvalue weighted by atomic mass is 9.85. The zero-order valence-electron chi connectivity index (χ0n) is 11.6. The smallest absolute Gasteiger partial charge is 0.0403 e. The van der Waals surface area contributed by atoms with E-state index in [-0.39, 0.29) is 5.54 Å². The van der Waals surface area contributed by atoms with E-state index in [0.717, 1.165) is 5.92 Å². The summed E-state index contributed by atoms with van der Waals surface area (Å²) in [6.45, 7) is 6.61. The molecular weight excluding hydrogens is 220 g/mol. The predicted octanol–water partition coefficient (Wildman–Crippen LogP) is 3.04. The lowest BCUT2D eigenvalue weighted by molar-refractivity contribution is 0.319. The normalized spacial score (nSPS) is 19.8. The topological polar surface area (TPSA) is 29.3 Å². The Hall–Kier alpha value is -1.02. The van der Waals surface area contributed by atoms with Gasteiger partial charge in [0.15, 0.2) is 0 Å². The Morgan fingerprint density at radius 3 is 2.72 bits per heavy atom. The van der Waals surface area contributed by atoms with E-state index in [1.54, 1.807) is 0 Å². The molecule has 0 saturated heterocycles. The monoisotopic (exact) mass is 244 g/mol. The van der Waals surface area contributed by atoms with Crippen molar-refractivity contribution >= 4 is 5.69 Å². The van der Waals surface area contributed by atoms with E-state index < -0.39 is 0 Å². The Bertz CT molecular complexity index is 441. The zero-order valence-corrected chi connectivity index (χ0v) is 11.6. The van der Waals surface area contributed by atoms with E-state index in [1.165, 1.54) is 55.6 Å². The minimum absolute atomic E-state index is 0.236. The van der Waals surface area contributed by atoms with Crippen molar-refractivity contribution in [1.82, 2.24) is 0 Å². The van der Waals surface area contributed by atoms with Gasteiger partial charge in [-0.2, -0.15) is 0 Å². The Morgan fingerprint density at radius 2 is 2.11 bits per heavy atom. The highest BCUT2D eigenvalue weighted by molar-refractivity contribution is 5.60. The average molecular weight is 244 g/mol. The maximum absolute atomic E-state index is 6.22. The van der Waals surface area contributed by atoms with Gasteiger partial charge in [0.25, 0.3) is 0 Å². The molecule has 2 nitrogen and oxygen atoms in total. The number of benzene rings is 1. The molecule has 2 heteroatoms. The molecule has 98 valence electrons. The zero-order chi connectivity index (χ0) is 12.8. The SMILES string of the molecule is CC(C)(N)c1ccc2c(c1)N(CC1CCC1)CC2. The molecule has 0 atom stereocenters. The summed E-state index contributed by atoms with van der Waals surface area (Å²) in [7, 11) is 0. The third-order valence-electron chi connectivity index (χ3n) is 4.52. The first kappa shape index (κ1) is 12.0. The molecule has 1 aliphatic carbocycles. The number of fused-ring (bicyclic) bond motifs is 1. The summed E-state index contributed by atoms with van der Waals surface area (Å²) in [6, 6.07) is 6.80. The molecule has 1 fully saturated rings. The molecule has 1 saturated carbocycles. The Labute approximate surface area is 110 Å². The molecule has 1 aliphatic heterocycles. The van der Waals surface area contributed by atoms with Crippen molar-refractivity contribution in [3.05, 3.63) is 29.3 Å². The molecule has 18 heavy (non-hydrogen) atoms. The summed E-state index contributed by atoms with van der Waals surface area (Å²) in [5.74, 6) is 0.936. The second-order valence-corrected chi connectivity index (χ2v) is 6.56. The van der Waals surface area contributed by atoms with Crippen molar-refractivity contribution in [3.8, 4) is 0 Å². The van der Waals surface area contributed by atoms with Crippen LogP contribution >= 0.6 is 0 Å². The summed E-state index contributed by atoms with van der Waals surface area (Å²) in [5.41, 5.74) is 10.2. The summed E-state index contributed by atoms with van der Waals surface area (Å²) in [4.78, 5) is 2.58. The molecule has 0 amide bonds. The highest BCUT2D eigenvalue weighted by Gasteiger charge is 2.26. The lowest BCUT2D eigenvalue weighted by Gasteiger charge is -2.32. The highest BCUT2D eigenvalue weighted by Crippen LogP contribution is 2.35. The second-order valence-electron chi connectivity index (χ2n) is 6.56. The van der Waals surface area contributed by atoms with Gasteiger partial charge in [0.1, 0.15) is 0 Å². The number of hydrogen-bond donors (Lipinski definition) is 1. The molecule has 1 aromatic rings. The summed E-state index contributed by atoms with van der Waals surface area (Å²) in [6.07, 6.45) is 5.48. The Balaban J connectivity index is 1.84. The highest BCUT2D eigenvalue weighted by atomic mass is 15.1. The predicted molar refractivity (Wildman–Crippen MR) is 76.9 cm³/mol. The van der Waals surface area contributed by atoms with Crippen molar-refractivity contribution in [2.75, 3.05) is 18.0 Å². The van der Waals surface area contributed by atoms with Gasteiger partial charge >= 0.3 is 0 Å². The van der Waals surface area contributed by atoms with Crippen LogP contribution in [0.3, 0.4) is 0 Å². The van der Waals surface area contributed by atoms with Crippen LogP contribution in [0.25, 0.3) is 0 Å². The van der Waals surface area contributed by atoms with Crippen molar-refractivity contribution in [2.24, 2.45) is 11.7 Å². The quantitative estimate of drug-likeness (QED) is 0.885. The van der Waals surface area contributed by atoms with Crippen LogP contribution in [0.5, 0.6) is 0 Å². The standard InChI is InChI=1S/C16H24N2/c1-16(2,17)14-7-6-13-8-9-18(15(13)10-14)11-12-4-3-5-12/h6-7,10,12H,3-5,8-9,11,17H2,1-2H3. The fourth-order valence-corrected chi connectivity index (χ4v) is 3.02. The van der Waals surface area contributed by atoms with E-state index in [1.807, 2.05) is 0 Å². The van der Waals surface area contributed by atoms with Gasteiger partial charge in [-0.1, -0.05) is 18.6 Å². The third-order valence-corrected chi connectivity index (χ3v) is 4.52. The van der Waals surface area contributed by atoms with Crippen molar-refractivity contribution in [3.63, 3.8) is 0 Å². The van der Waals surface area contributed by atoms with Crippen LogP contribution in [-0.4, -0.2) is 13.1 Å². The molecule has 0 bridgehead atoms. The van der Waals surface area contributed by atoms with Crippen molar-refractivity contribution in [2.45, 2.75) is 45.1 Å². The van der Waals surface area contributed by atoms with E-state index in [9.17, 15) is 0 Å². The first-order valence-corrected chi connectivity index (χ1v) is 7.21. The fraction of sp³-hybridized carbons (Fsp3) is 0.625. The average Bonchev–Trinajstić information content (AvgIpc) is 2.64. The van der Waals surface area contributed by atoms with Gasteiger partial charge in [-0.05, 0) is 56.2 Å². The van der Waals surface area contributed by atoms with Crippen LogP contribution < -0.4 is 10.6 Å². The van der Waals surface area contributed by atoms with Crippen LogP contribution in [0.2, 0.25) is 0 Å². The van der Waals surface area contributed by atoms with Crippen LogP contribution in [0.1, 0.15) is 44.2 Å². The number of rotatable bonds is 3. The minimum Gasteiger partial charge on any atom is -0.371 e. The van der Waals surface area contributed by atoms with Crippen LogP contribution in [0, 0.1) is 5.92 Å². The van der Waals surface area contributed by atoms with Gasteiger partial charge in [0.2, 0.25) is 0 Å². The number of nitrogens with zero attached hydrogens (tertiary/aromatic N) is 1. The van der Waals surface area contributed by atoms with Crippen LogP contribution in [0.15, 0.2) is 18.2 Å². The first-order valence-electron chi connectivity index (χ1n) is 7.21. The van der Waals surface area contributed by atoms with Crippen LogP contribution in [0.4, 0.5) is 5.69 Å². The molecule has 2 aliphatic rings. The summed E-state index contributed by atoms with van der Waals surface area (Å²) < 4.78 is 0. The first-order chi connectivity index (χ1) is 8.54. The van der Waals surface area contributed by atoms with E-state index in [0.29, 0.717) is 0 Å². The van der Waals surface area contributed by atoms with Crippen molar-refractivity contribution in [1.29, 1.82) is 0 Å². The van der Waals surface area contributed by atoms with Gasteiger partial charge in [-0.25, -0.2) is 0 Å².